The van der Waals surface area contributed by atoms with Gasteiger partial charge in [0, 0.05) is 25.0 Å². The Bertz CT molecular complexity index is 1120. The van der Waals surface area contributed by atoms with Crippen LogP contribution in [0.2, 0.25) is 0 Å². The zero-order valence-corrected chi connectivity index (χ0v) is 14.5. The Morgan fingerprint density at radius 3 is 2.46 bits per heavy atom. The lowest BCUT2D eigenvalue weighted by atomic mass is 10.3. The minimum absolute atomic E-state index is 0.195. The van der Waals surface area contributed by atoms with Crippen LogP contribution in [0.25, 0.3) is 16.9 Å². The molecule has 7 heteroatoms. The monoisotopic (exact) mass is 327 g/mol. The number of allylic oxidation sites excluding steroid dienone is 2. The lowest BCUT2D eigenvalue weighted by Crippen LogP contribution is -2.39. The van der Waals surface area contributed by atoms with E-state index in [1.165, 1.54) is 9.13 Å². The summed E-state index contributed by atoms with van der Waals surface area (Å²) in [7, 11) is 1.63. The molecule has 0 N–H and O–H groups in total. The Hall–Kier alpha value is -2.83. The summed E-state index contributed by atoms with van der Waals surface area (Å²) in [5.74, 6) is 0.639. The number of hydrogen-bond donors (Lipinski definition) is 0. The first-order valence-electron chi connectivity index (χ1n) is 7.72. The van der Waals surface area contributed by atoms with Crippen LogP contribution in [0.4, 0.5) is 0 Å². The predicted octanol–water partition coefficient (Wildman–Crippen LogP) is 1.53. The highest BCUT2D eigenvalue weighted by Gasteiger charge is 2.22. The van der Waals surface area contributed by atoms with Gasteiger partial charge in [-0.3, -0.25) is 18.3 Å². The number of hydrogen-bond acceptors (Lipinski definition) is 3. The topological polar surface area (TPSA) is 66.2 Å². The van der Waals surface area contributed by atoms with E-state index >= 15 is 0 Å². The number of nitrogens with zero attached hydrogens (tertiary/aromatic N) is 5. The molecule has 0 saturated heterocycles. The third-order valence-corrected chi connectivity index (χ3v) is 4.37. The first-order valence-corrected chi connectivity index (χ1v) is 7.72. The average Bonchev–Trinajstić information content (AvgIpc) is 3.02. The van der Waals surface area contributed by atoms with Crippen molar-refractivity contribution in [3.63, 3.8) is 0 Å². The smallest absolute Gasteiger partial charge is 0.310 e. The second-order valence-electron chi connectivity index (χ2n) is 6.18. The van der Waals surface area contributed by atoms with Crippen LogP contribution in [0.15, 0.2) is 34.4 Å². The molecule has 3 rings (SSSR count). The molecule has 0 amide bonds. The lowest BCUT2D eigenvalue weighted by Gasteiger charge is -2.08. The van der Waals surface area contributed by atoms with Gasteiger partial charge in [-0.05, 0) is 20.8 Å². The molecule has 0 aromatic carbocycles. The van der Waals surface area contributed by atoms with Gasteiger partial charge >= 0.3 is 5.69 Å². The maximum Gasteiger partial charge on any atom is 0.332 e. The normalized spacial score (nSPS) is 11.5. The molecule has 3 aromatic heterocycles. The molecular formula is C17H21N5O2. The fourth-order valence-corrected chi connectivity index (χ4v) is 3.07. The van der Waals surface area contributed by atoms with Crippen LogP contribution in [0.3, 0.4) is 0 Å². The van der Waals surface area contributed by atoms with E-state index in [9.17, 15) is 9.59 Å². The van der Waals surface area contributed by atoms with Gasteiger partial charge in [-0.2, -0.15) is 4.98 Å². The summed E-state index contributed by atoms with van der Waals surface area (Å²) >= 11 is 0. The van der Waals surface area contributed by atoms with E-state index in [0.29, 0.717) is 23.5 Å². The summed E-state index contributed by atoms with van der Waals surface area (Å²) in [5.41, 5.74) is 2.75. The number of aromatic nitrogens is 5. The molecule has 126 valence electrons. The molecule has 0 bridgehead atoms. The van der Waals surface area contributed by atoms with Gasteiger partial charge in [0.1, 0.15) is 0 Å². The molecule has 24 heavy (non-hydrogen) atoms. The van der Waals surface area contributed by atoms with Crippen molar-refractivity contribution < 1.29 is 0 Å². The third-order valence-electron chi connectivity index (χ3n) is 4.37. The molecule has 3 aromatic rings. The molecule has 0 atom stereocenters. The molecule has 7 nitrogen and oxygen atoms in total. The predicted molar refractivity (Wildman–Crippen MR) is 94.7 cm³/mol. The summed E-state index contributed by atoms with van der Waals surface area (Å²) < 4.78 is 6.43. The van der Waals surface area contributed by atoms with Crippen LogP contribution in [0, 0.1) is 13.8 Å². The number of aryl methyl sites for hydroxylation is 2. The summed E-state index contributed by atoms with van der Waals surface area (Å²) in [6.45, 7) is 14.1. The van der Waals surface area contributed by atoms with E-state index in [1.54, 1.807) is 20.0 Å². The highest BCUT2D eigenvalue weighted by Crippen LogP contribution is 2.20. The number of imidazole rings is 2. The SMILES string of the molecule is C=CCn1c(C)c(C)n2c3c(=O)n(CC(=C)C)c(=O)n(C)c3nc12. The van der Waals surface area contributed by atoms with Crippen molar-refractivity contribution in [1.29, 1.82) is 0 Å². The summed E-state index contributed by atoms with van der Waals surface area (Å²) in [5, 5.41) is 0. The van der Waals surface area contributed by atoms with Crippen molar-refractivity contribution >= 4 is 16.9 Å². The van der Waals surface area contributed by atoms with Gasteiger partial charge < -0.3 is 4.57 Å². The molecule has 0 unspecified atom stereocenters. The summed E-state index contributed by atoms with van der Waals surface area (Å²) in [4.78, 5) is 30.0. The molecule has 0 saturated carbocycles. The molecule has 0 aliphatic rings. The van der Waals surface area contributed by atoms with E-state index in [2.05, 4.69) is 18.1 Å². The van der Waals surface area contributed by atoms with Gasteiger partial charge in [-0.25, -0.2) is 4.79 Å². The maximum atomic E-state index is 13.0. The van der Waals surface area contributed by atoms with E-state index in [4.69, 9.17) is 0 Å². The van der Waals surface area contributed by atoms with Crippen LogP contribution >= 0.6 is 0 Å². The first-order chi connectivity index (χ1) is 11.3. The van der Waals surface area contributed by atoms with Crippen molar-refractivity contribution in [2.45, 2.75) is 33.9 Å². The minimum atomic E-state index is -0.388. The fraction of sp³-hybridized carbons (Fsp3) is 0.353. The van der Waals surface area contributed by atoms with E-state index in [-0.39, 0.29) is 17.8 Å². The van der Waals surface area contributed by atoms with Crippen LogP contribution in [0.1, 0.15) is 18.3 Å². The van der Waals surface area contributed by atoms with Crippen LogP contribution in [-0.2, 0) is 20.1 Å². The second kappa shape index (κ2) is 5.36. The fourth-order valence-electron chi connectivity index (χ4n) is 3.07. The van der Waals surface area contributed by atoms with Crippen molar-refractivity contribution in [2.75, 3.05) is 0 Å². The molecule has 0 spiro atoms. The van der Waals surface area contributed by atoms with Crippen molar-refractivity contribution in [3.05, 3.63) is 57.0 Å². The van der Waals surface area contributed by atoms with Crippen LogP contribution in [0.5, 0.6) is 0 Å². The third kappa shape index (κ3) is 2.01. The lowest BCUT2D eigenvalue weighted by molar-refractivity contribution is 0.650. The van der Waals surface area contributed by atoms with E-state index in [0.717, 1.165) is 17.0 Å². The number of fused-ring (bicyclic) bond motifs is 3. The zero-order chi connectivity index (χ0) is 17.8. The van der Waals surface area contributed by atoms with E-state index in [1.807, 2.05) is 22.8 Å². The maximum absolute atomic E-state index is 13.0. The molecular weight excluding hydrogens is 306 g/mol. The molecule has 0 fully saturated rings. The van der Waals surface area contributed by atoms with Crippen molar-refractivity contribution in [1.82, 2.24) is 23.1 Å². The van der Waals surface area contributed by atoms with Gasteiger partial charge in [-0.15, -0.1) is 6.58 Å². The van der Waals surface area contributed by atoms with Gasteiger partial charge in [0.25, 0.3) is 5.56 Å². The Morgan fingerprint density at radius 1 is 1.21 bits per heavy atom. The molecule has 0 aliphatic carbocycles. The second-order valence-corrected chi connectivity index (χ2v) is 6.18. The highest BCUT2D eigenvalue weighted by atomic mass is 16.2. The van der Waals surface area contributed by atoms with Crippen LogP contribution in [-0.4, -0.2) is 23.1 Å². The Labute approximate surface area is 138 Å². The summed E-state index contributed by atoms with van der Waals surface area (Å²) in [6.07, 6.45) is 1.78. The summed E-state index contributed by atoms with van der Waals surface area (Å²) in [6, 6.07) is 0. The number of rotatable bonds is 4. The van der Waals surface area contributed by atoms with Crippen LogP contribution < -0.4 is 11.2 Å². The van der Waals surface area contributed by atoms with Gasteiger partial charge in [-0.1, -0.05) is 18.2 Å². The minimum Gasteiger partial charge on any atom is -0.310 e. The first kappa shape index (κ1) is 16.0. The van der Waals surface area contributed by atoms with Gasteiger partial charge in [0.2, 0.25) is 5.78 Å². The van der Waals surface area contributed by atoms with Crippen molar-refractivity contribution in [2.24, 2.45) is 7.05 Å². The van der Waals surface area contributed by atoms with E-state index < -0.39 is 0 Å². The molecule has 0 aliphatic heterocycles. The Balaban J connectivity index is 2.56. The zero-order valence-electron chi connectivity index (χ0n) is 14.5. The Kier molecular flexibility index (Phi) is 3.59. The van der Waals surface area contributed by atoms with Gasteiger partial charge in [0.15, 0.2) is 11.2 Å². The highest BCUT2D eigenvalue weighted by molar-refractivity contribution is 5.76. The largest absolute Gasteiger partial charge is 0.332 e. The quantitative estimate of drug-likeness (QED) is 0.683. The molecule has 0 radical (unpaired) electrons. The Morgan fingerprint density at radius 2 is 1.88 bits per heavy atom. The average molecular weight is 327 g/mol. The van der Waals surface area contributed by atoms with Crippen molar-refractivity contribution in [3.8, 4) is 0 Å². The standard InChI is InChI=1S/C17H21N5O2/c1-7-8-20-11(4)12(5)22-13-14(18-16(20)22)19(6)17(24)21(15(13)23)9-10(2)3/h7H,1-2,8-9H2,3-6H3. The molecule has 3 heterocycles. The van der Waals surface area contributed by atoms with Gasteiger partial charge in [0.05, 0.1) is 6.54 Å².